The van der Waals surface area contributed by atoms with Crippen molar-refractivity contribution in [2.24, 2.45) is 11.8 Å². The number of carbonyl (C=O) groups excluding carboxylic acids is 13. The van der Waals surface area contributed by atoms with Crippen molar-refractivity contribution in [1.82, 2.24) is 63.0 Å². The van der Waals surface area contributed by atoms with E-state index in [0.29, 0.717) is 30.5 Å². The van der Waals surface area contributed by atoms with E-state index in [1.165, 1.54) is 30.9 Å². The lowest BCUT2D eigenvalue weighted by atomic mass is 9.94. The Bertz CT molecular complexity index is 2360. The largest absolute Gasteiger partial charge is 0.394 e. The molecule has 28 nitrogen and oxygen atoms in total. The fourth-order valence-corrected chi connectivity index (χ4v) is 8.57. The molecule has 77 heavy (non-hydrogen) atoms. The fraction of sp³-hybridized carbons (Fsp3) is 0.604. The second-order valence-corrected chi connectivity index (χ2v) is 19.6. The molecule has 3 aliphatic rings. The van der Waals surface area contributed by atoms with Gasteiger partial charge in [-0.1, -0.05) is 39.3 Å². The average molecular weight is 1100 g/mol. The van der Waals surface area contributed by atoms with Crippen LogP contribution in [0.2, 0.25) is 0 Å². The summed E-state index contributed by atoms with van der Waals surface area (Å²) in [6.07, 6.45) is -0.904. The number of aliphatic hydroxyl groups excluding tert-OH is 2. The maximum absolute atomic E-state index is 14.3. The van der Waals surface area contributed by atoms with Crippen molar-refractivity contribution in [2.75, 3.05) is 64.3 Å². The molecule has 3 aliphatic heterocycles. The van der Waals surface area contributed by atoms with Gasteiger partial charge in [-0.05, 0) is 43.4 Å². The highest BCUT2D eigenvalue weighted by Gasteiger charge is 2.38. The highest BCUT2D eigenvalue weighted by atomic mass is 32.1. The van der Waals surface area contributed by atoms with Crippen LogP contribution in [0, 0.1) is 11.8 Å². The van der Waals surface area contributed by atoms with Gasteiger partial charge in [0.15, 0.2) is 0 Å². The van der Waals surface area contributed by atoms with Crippen LogP contribution in [-0.2, 0) is 68.9 Å². The van der Waals surface area contributed by atoms with Crippen LogP contribution < -0.4 is 58.5 Å². The number of thiol groups is 1. The summed E-state index contributed by atoms with van der Waals surface area (Å²) in [6, 6.07) is 0.765. The monoisotopic (exact) mass is 1100 g/mol. The van der Waals surface area contributed by atoms with Crippen molar-refractivity contribution in [3.05, 3.63) is 29.8 Å². The number of aliphatic hydroxyl groups is 2. The lowest BCUT2D eigenvalue weighted by Crippen LogP contribution is -2.58. The number of fused-ring (bicyclic) bond motifs is 1. The van der Waals surface area contributed by atoms with E-state index in [4.69, 9.17) is 0 Å². The molecule has 0 saturated carbocycles. The molecule has 3 heterocycles. The number of hydrogen-bond acceptors (Lipinski definition) is 17. The third kappa shape index (κ3) is 19.7. The van der Waals surface area contributed by atoms with Crippen LogP contribution >= 0.6 is 12.6 Å². The lowest BCUT2D eigenvalue weighted by Gasteiger charge is -2.32. The van der Waals surface area contributed by atoms with Gasteiger partial charge in [0.1, 0.15) is 18.1 Å². The van der Waals surface area contributed by atoms with Gasteiger partial charge in [0, 0.05) is 56.7 Å². The van der Waals surface area contributed by atoms with E-state index in [9.17, 15) is 72.5 Å². The molecule has 3 fully saturated rings. The molecule has 0 aliphatic carbocycles. The van der Waals surface area contributed by atoms with E-state index in [2.05, 4.69) is 71.1 Å². The molecule has 4 rings (SSSR count). The number of rotatable bonds is 17. The second-order valence-electron chi connectivity index (χ2n) is 18.9. The molecule has 29 heteroatoms. The molecule has 3 saturated heterocycles. The minimum Gasteiger partial charge on any atom is -0.394 e. The maximum atomic E-state index is 14.3. The third-order valence-electron chi connectivity index (χ3n) is 13.1. The van der Waals surface area contributed by atoms with Gasteiger partial charge in [-0.25, -0.2) is 0 Å². The van der Waals surface area contributed by atoms with Gasteiger partial charge in [-0.3, -0.25) is 67.2 Å². The Labute approximate surface area is 449 Å². The van der Waals surface area contributed by atoms with Gasteiger partial charge in [-0.2, -0.15) is 12.6 Å². The minimum absolute atomic E-state index is 0.0393. The first-order chi connectivity index (χ1) is 36.5. The zero-order valence-corrected chi connectivity index (χ0v) is 44.3. The Balaban J connectivity index is 1.40. The van der Waals surface area contributed by atoms with Crippen molar-refractivity contribution in [3.8, 4) is 0 Å². The molecule has 424 valence electrons. The van der Waals surface area contributed by atoms with Crippen molar-refractivity contribution in [1.29, 1.82) is 0 Å². The van der Waals surface area contributed by atoms with E-state index >= 15 is 0 Å². The van der Waals surface area contributed by atoms with Crippen LogP contribution in [0.15, 0.2) is 24.3 Å². The predicted molar refractivity (Wildman–Crippen MR) is 275 cm³/mol. The molecule has 1 aromatic carbocycles. The molecule has 0 radical (unpaired) electrons. The third-order valence-corrected chi connectivity index (χ3v) is 13.5. The summed E-state index contributed by atoms with van der Waals surface area (Å²) in [5.41, 5.74) is 0.883. The fourth-order valence-electron chi connectivity index (χ4n) is 8.27. The molecule has 0 bridgehead atoms. The summed E-state index contributed by atoms with van der Waals surface area (Å²) < 4.78 is 0. The molecule has 13 amide bonds. The van der Waals surface area contributed by atoms with Gasteiger partial charge in [0.25, 0.3) is 0 Å². The topological polar surface area (TPSA) is 401 Å². The van der Waals surface area contributed by atoms with Gasteiger partial charge >= 0.3 is 0 Å². The Morgan fingerprint density at radius 2 is 1.38 bits per heavy atom. The number of nitrogens with zero attached hydrogens (tertiary/aromatic N) is 2. The van der Waals surface area contributed by atoms with Gasteiger partial charge < -0.3 is 73.6 Å². The molecule has 9 atom stereocenters. The number of hydrogen-bond donors (Lipinski definition) is 14. The number of likely N-dealkylation sites (tertiary alicyclic amines) is 1. The summed E-state index contributed by atoms with van der Waals surface area (Å²) in [5, 5.41) is 47.3. The number of imide groups is 1. The summed E-state index contributed by atoms with van der Waals surface area (Å²) in [5.74, 6) is -10.1. The molecule has 0 aromatic heterocycles. The van der Waals surface area contributed by atoms with Gasteiger partial charge in [0.2, 0.25) is 76.8 Å². The summed E-state index contributed by atoms with van der Waals surface area (Å²) in [7, 11) is 0. The predicted octanol–water partition coefficient (Wildman–Crippen LogP) is -5.87. The van der Waals surface area contributed by atoms with Crippen molar-refractivity contribution in [2.45, 2.75) is 114 Å². The van der Waals surface area contributed by atoms with Gasteiger partial charge in [0.05, 0.1) is 63.1 Å². The average Bonchev–Trinajstić information content (AvgIpc) is 3.98. The highest BCUT2D eigenvalue weighted by Crippen LogP contribution is 2.21. The van der Waals surface area contributed by atoms with Crippen LogP contribution in [0.25, 0.3) is 0 Å². The Hall–Kier alpha value is -7.24. The molecule has 1 aromatic rings. The van der Waals surface area contributed by atoms with Crippen molar-refractivity contribution in [3.63, 3.8) is 0 Å². The Kier molecular flexibility index (Phi) is 24.7. The van der Waals surface area contributed by atoms with Crippen LogP contribution in [0.5, 0.6) is 0 Å². The summed E-state index contributed by atoms with van der Waals surface area (Å²) in [4.78, 5) is 170. The first kappa shape index (κ1) is 62.3. The lowest BCUT2D eigenvalue weighted by molar-refractivity contribution is -0.139. The van der Waals surface area contributed by atoms with Gasteiger partial charge in [-0.15, -0.1) is 0 Å². The molecular formula is C48H71N13O15S. The number of benzene rings is 1. The zero-order valence-electron chi connectivity index (χ0n) is 43.4. The van der Waals surface area contributed by atoms with E-state index in [0.717, 1.165) is 4.90 Å². The minimum atomic E-state index is -1.48. The molecular weight excluding hydrogens is 1030 g/mol. The Morgan fingerprint density at radius 3 is 1.97 bits per heavy atom. The normalized spacial score (nSPS) is 23.3. The Morgan fingerprint density at radius 1 is 0.766 bits per heavy atom. The zero-order chi connectivity index (χ0) is 56.9. The smallest absolute Gasteiger partial charge is 0.246 e. The first-order valence-electron chi connectivity index (χ1n) is 25.3. The number of carbonyl (C=O) groups is 13. The van der Waals surface area contributed by atoms with Crippen LogP contribution in [0.4, 0.5) is 5.69 Å². The van der Waals surface area contributed by atoms with Crippen LogP contribution in [0.1, 0.15) is 71.8 Å². The quantitative estimate of drug-likeness (QED) is 0.0510. The molecule has 0 spiro atoms. The summed E-state index contributed by atoms with van der Waals surface area (Å²) >= 11 is 4.03. The van der Waals surface area contributed by atoms with E-state index in [-0.39, 0.29) is 39.0 Å². The second kappa shape index (κ2) is 30.5. The van der Waals surface area contributed by atoms with Crippen molar-refractivity contribution >= 4 is 95.1 Å². The summed E-state index contributed by atoms with van der Waals surface area (Å²) in [6.45, 7) is 2.67. The van der Waals surface area contributed by atoms with Crippen LogP contribution in [0.3, 0.4) is 0 Å². The SMILES string of the molecule is CC[C@H](C)[C@@H]1NC(=O)CNC(=O)CNC(=O)[C@H]([C@@H](C)[C@@H](O)CO)NC[C@@H]2CCCN2C(=O)[C@H](CC(=O)NCc2ccc(NC(=O)[C@H](C)NC(=O)CNC(=O)CCN3C(=O)CC(S)C3=O)cc2)NC(=O)CNC(=O)CNC1=O. The van der Waals surface area contributed by atoms with E-state index in [1.54, 1.807) is 26.0 Å². The maximum Gasteiger partial charge on any atom is 0.246 e. The standard InChI is InChI=1S/C48H71N13O15S/c1-5-25(2)42-45(73)54-19-36(66)51-22-39(69)58-31(47(75)60-13-6-7-30(60)18-53-43(26(3)32(63)24-62)46(74)55-20-37(67)52-23-40(70)59-42)15-35(65)49-17-28-8-10-29(11-9-28)57-44(72)27(4)56-38(68)21-50-34(64)12-14-61-41(71)16-33(77)48(61)76/h8-11,25-27,30-33,42-43,53,62-63,77H,5-7,12-24H2,1-4H3,(H,49,65)(H,50,64)(H,51,66)(H,52,67)(H,54,73)(H,55,74)(H,56,68)(H,57,72)(H,58,69)(H,59,70)/t25-,26-,27-,30-,31-,32-,33?,42-,43-/m0/s1. The van der Waals surface area contributed by atoms with Crippen LogP contribution in [-0.4, -0.2) is 197 Å². The molecule has 13 N–H and O–H groups in total. The van der Waals surface area contributed by atoms with E-state index in [1.807, 2.05) is 0 Å². The van der Waals surface area contributed by atoms with Crippen molar-refractivity contribution < 1.29 is 72.5 Å². The number of anilines is 1. The number of amides is 13. The number of nitrogens with one attached hydrogen (secondary N) is 11. The van der Waals surface area contributed by atoms with E-state index < -0.39 is 176 Å². The molecule has 1 unspecified atom stereocenters. The first-order valence-corrected chi connectivity index (χ1v) is 25.8. The highest BCUT2D eigenvalue weighted by molar-refractivity contribution is 7.81.